The van der Waals surface area contributed by atoms with E-state index in [9.17, 15) is 9.59 Å². The largest absolute Gasteiger partial charge is 0.289 e. The molecule has 3 rings (SSSR count). The van der Waals surface area contributed by atoms with Crippen LogP contribution in [0.4, 0.5) is 0 Å². The first kappa shape index (κ1) is 14.8. The molecule has 23 heavy (non-hydrogen) atoms. The van der Waals surface area contributed by atoms with E-state index in [-0.39, 0.29) is 11.7 Å². The zero-order valence-electron chi connectivity index (χ0n) is 12.6. The van der Waals surface area contributed by atoms with Gasteiger partial charge in [-0.05, 0) is 18.6 Å². The molecule has 1 heterocycles. The number of ketones is 1. The van der Waals surface area contributed by atoms with Crippen LogP contribution in [0.1, 0.15) is 39.1 Å². The van der Waals surface area contributed by atoms with Gasteiger partial charge in [-0.25, -0.2) is 4.98 Å². The smallest absolute Gasteiger partial charge is 0.255 e. The van der Waals surface area contributed by atoms with Crippen LogP contribution in [0.25, 0.3) is 0 Å². The molecule has 0 N–H and O–H groups in total. The highest BCUT2D eigenvalue weighted by Crippen LogP contribution is 2.20. The molecule has 5 heteroatoms. The highest BCUT2D eigenvalue weighted by atomic mass is 16.2. The summed E-state index contributed by atoms with van der Waals surface area (Å²) in [4.78, 5) is 28.6. The number of carbonyl (C=O) groups is 2. The van der Waals surface area contributed by atoms with Crippen LogP contribution in [0, 0.1) is 0 Å². The second-order valence-corrected chi connectivity index (χ2v) is 5.22. The third kappa shape index (κ3) is 3.08. The Morgan fingerprint density at radius 3 is 2.43 bits per heavy atom. The third-order valence-corrected chi connectivity index (χ3v) is 3.70. The number of rotatable bonds is 4. The van der Waals surface area contributed by atoms with E-state index < -0.39 is 5.92 Å². The predicted octanol–water partition coefficient (Wildman–Crippen LogP) is 2.95. The van der Waals surface area contributed by atoms with E-state index in [4.69, 9.17) is 0 Å². The van der Waals surface area contributed by atoms with Gasteiger partial charge in [0.1, 0.15) is 12.7 Å². The van der Waals surface area contributed by atoms with Gasteiger partial charge in [0.05, 0.1) is 5.92 Å². The standard InChI is InChI=1S/C18H15N3O2/c1-13(18(23)21-12-19-11-20-21)15-8-5-9-16(10-15)17(22)14-6-3-2-4-7-14/h2-13H,1H3/t13-/m1/s1. The van der Waals surface area contributed by atoms with E-state index in [0.717, 1.165) is 5.56 Å². The van der Waals surface area contributed by atoms with Crippen LogP contribution in [-0.2, 0) is 0 Å². The summed E-state index contributed by atoms with van der Waals surface area (Å²) in [5.41, 5.74) is 1.96. The molecule has 0 saturated carbocycles. The minimum absolute atomic E-state index is 0.0622. The summed E-state index contributed by atoms with van der Waals surface area (Å²) in [6, 6.07) is 16.2. The Bertz CT molecular complexity index is 826. The summed E-state index contributed by atoms with van der Waals surface area (Å²) in [5.74, 6) is -0.667. The lowest BCUT2D eigenvalue weighted by molar-refractivity contribution is 0.0867. The zero-order chi connectivity index (χ0) is 16.2. The van der Waals surface area contributed by atoms with E-state index in [1.807, 2.05) is 24.3 Å². The molecule has 1 aromatic heterocycles. The molecule has 0 amide bonds. The molecule has 1 atom stereocenters. The minimum atomic E-state index is -0.416. The Hall–Kier alpha value is -3.08. The number of hydrogen-bond acceptors (Lipinski definition) is 4. The number of aromatic nitrogens is 3. The molecule has 0 bridgehead atoms. The SMILES string of the molecule is C[C@@H](C(=O)n1cncn1)c1cccc(C(=O)c2ccccc2)c1. The molecule has 0 radical (unpaired) electrons. The lowest BCUT2D eigenvalue weighted by Crippen LogP contribution is -2.18. The van der Waals surface area contributed by atoms with Crippen molar-refractivity contribution < 1.29 is 9.59 Å². The fourth-order valence-corrected chi connectivity index (χ4v) is 2.37. The maximum Gasteiger partial charge on any atom is 0.255 e. The van der Waals surface area contributed by atoms with Gasteiger partial charge in [0.15, 0.2) is 5.78 Å². The van der Waals surface area contributed by atoms with Gasteiger partial charge in [-0.3, -0.25) is 9.59 Å². The third-order valence-electron chi connectivity index (χ3n) is 3.70. The maximum atomic E-state index is 12.5. The Labute approximate surface area is 133 Å². The van der Waals surface area contributed by atoms with Gasteiger partial charge in [0, 0.05) is 11.1 Å². The molecule has 0 spiro atoms. The highest BCUT2D eigenvalue weighted by molar-refractivity contribution is 6.09. The summed E-state index contributed by atoms with van der Waals surface area (Å²) >= 11 is 0. The van der Waals surface area contributed by atoms with E-state index in [0.29, 0.717) is 11.1 Å². The predicted molar refractivity (Wildman–Crippen MR) is 85.4 cm³/mol. The summed E-state index contributed by atoms with van der Waals surface area (Å²) < 4.78 is 1.20. The molecule has 3 aromatic rings. The van der Waals surface area contributed by atoms with Crippen LogP contribution in [0.5, 0.6) is 0 Å². The van der Waals surface area contributed by atoms with E-state index in [2.05, 4.69) is 10.1 Å². The number of benzene rings is 2. The van der Waals surface area contributed by atoms with Crippen molar-refractivity contribution in [3.8, 4) is 0 Å². The van der Waals surface area contributed by atoms with Crippen LogP contribution >= 0.6 is 0 Å². The van der Waals surface area contributed by atoms with Crippen molar-refractivity contribution in [3.63, 3.8) is 0 Å². The van der Waals surface area contributed by atoms with Crippen molar-refractivity contribution >= 4 is 11.7 Å². The lowest BCUT2D eigenvalue weighted by Gasteiger charge is -2.11. The van der Waals surface area contributed by atoms with E-state index in [1.165, 1.54) is 17.3 Å². The fraction of sp³-hybridized carbons (Fsp3) is 0.111. The number of carbonyl (C=O) groups excluding carboxylic acids is 2. The normalized spacial score (nSPS) is 11.9. The van der Waals surface area contributed by atoms with Crippen molar-refractivity contribution in [2.75, 3.05) is 0 Å². The van der Waals surface area contributed by atoms with Crippen LogP contribution in [-0.4, -0.2) is 26.5 Å². The Morgan fingerprint density at radius 1 is 1.00 bits per heavy atom. The second-order valence-electron chi connectivity index (χ2n) is 5.22. The van der Waals surface area contributed by atoms with Gasteiger partial charge in [-0.15, -0.1) is 0 Å². The fourth-order valence-electron chi connectivity index (χ4n) is 2.37. The van der Waals surface area contributed by atoms with Gasteiger partial charge < -0.3 is 0 Å². The Balaban J connectivity index is 1.88. The van der Waals surface area contributed by atoms with Crippen molar-refractivity contribution in [1.82, 2.24) is 14.8 Å². The van der Waals surface area contributed by atoms with Gasteiger partial charge >= 0.3 is 0 Å². The molecule has 0 fully saturated rings. The summed E-state index contributed by atoms with van der Waals surface area (Å²) in [6.45, 7) is 1.79. The first-order valence-corrected chi connectivity index (χ1v) is 7.25. The molecule has 2 aromatic carbocycles. The lowest BCUT2D eigenvalue weighted by atomic mass is 9.95. The van der Waals surface area contributed by atoms with Gasteiger partial charge in [0.2, 0.25) is 0 Å². The van der Waals surface area contributed by atoms with Gasteiger partial charge in [-0.1, -0.05) is 48.5 Å². The van der Waals surface area contributed by atoms with Crippen LogP contribution in [0.3, 0.4) is 0 Å². The summed E-state index contributed by atoms with van der Waals surface area (Å²) in [7, 11) is 0. The number of nitrogens with zero attached hydrogens (tertiary/aromatic N) is 3. The molecular formula is C18H15N3O2. The van der Waals surface area contributed by atoms with E-state index in [1.54, 1.807) is 37.3 Å². The molecule has 0 saturated heterocycles. The zero-order valence-corrected chi connectivity index (χ0v) is 12.6. The first-order chi connectivity index (χ1) is 11.2. The molecule has 5 nitrogen and oxygen atoms in total. The van der Waals surface area contributed by atoms with Crippen LogP contribution < -0.4 is 0 Å². The van der Waals surface area contributed by atoms with Crippen LogP contribution in [0.15, 0.2) is 67.3 Å². The molecular weight excluding hydrogens is 290 g/mol. The average Bonchev–Trinajstić information content (AvgIpc) is 3.15. The second kappa shape index (κ2) is 6.36. The Kier molecular flexibility index (Phi) is 4.10. The maximum absolute atomic E-state index is 12.5. The van der Waals surface area contributed by atoms with Crippen molar-refractivity contribution in [2.45, 2.75) is 12.8 Å². The first-order valence-electron chi connectivity index (χ1n) is 7.25. The molecule has 114 valence electrons. The summed E-state index contributed by atoms with van der Waals surface area (Å²) in [5, 5.41) is 3.86. The molecule has 0 unspecified atom stereocenters. The summed E-state index contributed by atoms with van der Waals surface area (Å²) in [6.07, 6.45) is 2.69. The molecule has 0 aliphatic rings. The van der Waals surface area contributed by atoms with Crippen molar-refractivity contribution in [3.05, 3.63) is 83.9 Å². The average molecular weight is 305 g/mol. The van der Waals surface area contributed by atoms with Crippen molar-refractivity contribution in [2.24, 2.45) is 0 Å². The van der Waals surface area contributed by atoms with Crippen LogP contribution in [0.2, 0.25) is 0 Å². The number of hydrogen-bond donors (Lipinski definition) is 0. The molecule has 0 aliphatic heterocycles. The molecule has 0 aliphatic carbocycles. The topological polar surface area (TPSA) is 64.8 Å². The highest BCUT2D eigenvalue weighted by Gasteiger charge is 2.19. The van der Waals surface area contributed by atoms with Gasteiger partial charge in [-0.2, -0.15) is 9.78 Å². The Morgan fingerprint density at radius 2 is 1.74 bits per heavy atom. The van der Waals surface area contributed by atoms with E-state index >= 15 is 0 Å². The van der Waals surface area contributed by atoms with Gasteiger partial charge in [0.25, 0.3) is 5.91 Å². The quantitative estimate of drug-likeness (QED) is 0.695. The van der Waals surface area contributed by atoms with Crippen molar-refractivity contribution in [1.29, 1.82) is 0 Å². The monoisotopic (exact) mass is 305 g/mol. The minimum Gasteiger partial charge on any atom is -0.289 e.